The van der Waals surface area contributed by atoms with Gasteiger partial charge in [-0.25, -0.2) is 0 Å². The minimum atomic E-state index is 0.735. The van der Waals surface area contributed by atoms with Gasteiger partial charge in [0.1, 0.15) is 0 Å². The normalized spacial score (nSPS) is 17.5. The summed E-state index contributed by atoms with van der Waals surface area (Å²) in [5, 5.41) is 3.86. The number of aryl methyl sites for hydroxylation is 1. The van der Waals surface area contributed by atoms with E-state index in [0.29, 0.717) is 0 Å². The summed E-state index contributed by atoms with van der Waals surface area (Å²) in [7, 11) is 0. The Hall–Kier alpha value is -0.900. The van der Waals surface area contributed by atoms with E-state index >= 15 is 0 Å². The molecule has 0 spiro atoms. The lowest BCUT2D eigenvalue weighted by molar-refractivity contribution is 0.174. The van der Waals surface area contributed by atoms with E-state index in [9.17, 15) is 0 Å². The monoisotopic (exact) mass is 251 g/mol. The van der Waals surface area contributed by atoms with Gasteiger partial charge in [-0.1, -0.05) is 31.3 Å². The molecule has 1 saturated carbocycles. The highest BCUT2D eigenvalue weighted by Crippen LogP contribution is 2.24. The highest BCUT2D eigenvalue weighted by atomic mass is 16.5. The van der Waals surface area contributed by atoms with Crippen molar-refractivity contribution in [2.45, 2.75) is 58.9 Å². The maximum atomic E-state index is 5.23. The highest BCUT2D eigenvalue weighted by molar-refractivity contribution is 4.83. The van der Waals surface area contributed by atoms with Crippen molar-refractivity contribution >= 4 is 0 Å². The molecule has 1 heterocycles. The van der Waals surface area contributed by atoms with Crippen molar-refractivity contribution in [2.75, 3.05) is 13.1 Å². The van der Waals surface area contributed by atoms with E-state index in [1.807, 2.05) is 6.92 Å². The van der Waals surface area contributed by atoms with Crippen molar-refractivity contribution < 1.29 is 4.52 Å². The van der Waals surface area contributed by atoms with Gasteiger partial charge in [0.25, 0.3) is 0 Å². The van der Waals surface area contributed by atoms with Gasteiger partial charge in [0.15, 0.2) is 5.82 Å². The minimum absolute atomic E-state index is 0.735. The molecule has 1 aromatic heterocycles. The Morgan fingerprint density at radius 1 is 1.28 bits per heavy atom. The Kier molecular flexibility index (Phi) is 5.17. The number of rotatable bonds is 6. The van der Waals surface area contributed by atoms with Crippen molar-refractivity contribution in [3.63, 3.8) is 0 Å². The predicted octanol–water partition coefficient (Wildman–Crippen LogP) is 3.17. The predicted molar refractivity (Wildman–Crippen MR) is 71.2 cm³/mol. The van der Waals surface area contributed by atoms with Gasteiger partial charge in [-0.2, -0.15) is 4.98 Å². The minimum Gasteiger partial charge on any atom is -0.338 e. The Balaban J connectivity index is 1.86. The highest BCUT2D eigenvalue weighted by Gasteiger charge is 2.18. The molecule has 18 heavy (non-hydrogen) atoms. The summed E-state index contributed by atoms with van der Waals surface area (Å²) in [4.78, 5) is 6.78. The third-order valence-electron chi connectivity index (χ3n) is 3.71. The maximum absolute atomic E-state index is 5.23. The van der Waals surface area contributed by atoms with Crippen molar-refractivity contribution in [1.82, 2.24) is 15.0 Å². The van der Waals surface area contributed by atoms with Gasteiger partial charge in [0, 0.05) is 6.54 Å². The molecule has 4 nitrogen and oxygen atoms in total. The van der Waals surface area contributed by atoms with Gasteiger partial charge in [0.05, 0.1) is 6.54 Å². The van der Waals surface area contributed by atoms with Crippen molar-refractivity contribution in [2.24, 2.45) is 5.92 Å². The first-order valence-corrected chi connectivity index (χ1v) is 7.29. The van der Waals surface area contributed by atoms with Crippen molar-refractivity contribution in [1.29, 1.82) is 0 Å². The number of hydrogen-bond acceptors (Lipinski definition) is 4. The van der Waals surface area contributed by atoms with Crippen LogP contribution in [-0.4, -0.2) is 28.1 Å². The molecule has 0 atom stereocenters. The summed E-state index contributed by atoms with van der Waals surface area (Å²) in [6.07, 6.45) is 8.20. The maximum Gasteiger partial charge on any atom is 0.240 e. The van der Waals surface area contributed by atoms with Gasteiger partial charge in [-0.05, 0) is 38.6 Å². The van der Waals surface area contributed by atoms with E-state index < -0.39 is 0 Å². The van der Waals surface area contributed by atoms with E-state index in [0.717, 1.165) is 30.7 Å². The molecule has 1 aliphatic rings. The molecule has 2 rings (SSSR count). The summed E-state index contributed by atoms with van der Waals surface area (Å²) in [5.41, 5.74) is 0. The summed E-state index contributed by atoms with van der Waals surface area (Å²) in [6.45, 7) is 7.23. The van der Waals surface area contributed by atoms with Crippen LogP contribution in [0.15, 0.2) is 4.52 Å². The first-order valence-electron chi connectivity index (χ1n) is 7.29. The van der Waals surface area contributed by atoms with Crippen LogP contribution in [0.25, 0.3) is 0 Å². The molecule has 0 amide bonds. The third-order valence-corrected chi connectivity index (χ3v) is 3.71. The van der Waals surface area contributed by atoms with Gasteiger partial charge < -0.3 is 4.52 Å². The summed E-state index contributed by atoms with van der Waals surface area (Å²) >= 11 is 0. The van der Waals surface area contributed by atoms with Crippen LogP contribution in [0.4, 0.5) is 0 Å². The molecule has 0 saturated heterocycles. The number of nitrogens with zero attached hydrogens (tertiary/aromatic N) is 3. The fourth-order valence-corrected chi connectivity index (χ4v) is 2.88. The first kappa shape index (κ1) is 13.5. The van der Waals surface area contributed by atoms with E-state index in [4.69, 9.17) is 4.52 Å². The molecule has 1 aromatic rings. The standard InChI is InChI=1S/C14H25N3O/c1-3-9-17(10-13-7-5-4-6-8-13)11-14-15-12(2)16-18-14/h13H,3-11H2,1-2H3. The Labute approximate surface area is 110 Å². The molecule has 0 bridgehead atoms. The molecule has 102 valence electrons. The van der Waals surface area contributed by atoms with Crippen LogP contribution >= 0.6 is 0 Å². The Morgan fingerprint density at radius 2 is 2.06 bits per heavy atom. The fraction of sp³-hybridized carbons (Fsp3) is 0.857. The quantitative estimate of drug-likeness (QED) is 0.778. The molecular formula is C14H25N3O. The van der Waals surface area contributed by atoms with E-state index in [1.165, 1.54) is 45.1 Å². The molecule has 0 N–H and O–H groups in total. The average Bonchev–Trinajstić information content (AvgIpc) is 2.76. The zero-order valence-corrected chi connectivity index (χ0v) is 11.7. The van der Waals surface area contributed by atoms with Crippen LogP contribution in [0.3, 0.4) is 0 Å². The summed E-state index contributed by atoms with van der Waals surface area (Å²) in [6, 6.07) is 0. The Morgan fingerprint density at radius 3 is 2.67 bits per heavy atom. The zero-order valence-electron chi connectivity index (χ0n) is 11.7. The van der Waals surface area contributed by atoms with E-state index in [-0.39, 0.29) is 0 Å². The second kappa shape index (κ2) is 6.88. The van der Waals surface area contributed by atoms with Crippen LogP contribution in [-0.2, 0) is 6.54 Å². The third kappa shape index (κ3) is 4.09. The molecular weight excluding hydrogens is 226 g/mol. The first-order chi connectivity index (χ1) is 8.78. The van der Waals surface area contributed by atoms with Crippen LogP contribution in [0.2, 0.25) is 0 Å². The number of aromatic nitrogens is 2. The van der Waals surface area contributed by atoms with Crippen LogP contribution in [0.5, 0.6) is 0 Å². The van der Waals surface area contributed by atoms with E-state index in [2.05, 4.69) is 22.0 Å². The van der Waals surface area contributed by atoms with Crippen LogP contribution < -0.4 is 0 Å². The van der Waals surface area contributed by atoms with Crippen molar-refractivity contribution in [3.05, 3.63) is 11.7 Å². The molecule has 0 aliphatic heterocycles. The lowest BCUT2D eigenvalue weighted by atomic mass is 9.89. The largest absolute Gasteiger partial charge is 0.338 e. The SMILES string of the molecule is CCCN(Cc1nc(C)no1)CC1CCCCC1. The van der Waals surface area contributed by atoms with Gasteiger partial charge in [-0.15, -0.1) is 0 Å². The second-order valence-corrected chi connectivity index (χ2v) is 5.47. The average molecular weight is 251 g/mol. The molecule has 1 aliphatic carbocycles. The molecule has 1 fully saturated rings. The molecule has 0 aromatic carbocycles. The number of hydrogen-bond donors (Lipinski definition) is 0. The van der Waals surface area contributed by atoms with Crippen LogP contribution in [0, 0.1) is 12.8 Å². The topological polar surface area (TPSA) is 42.2 Å². The van der Waals surface area contributed by atoms with E-state index in [1.54, 1.807) is 0 Å². The summed E-state index contributed by atoms with van der Waals surface area (Å²) < 4.78 is 5.23. The lowest BCUT2D eigenvalue weighted by Crippen LogP contribution is -2.31. The molecule has 0 radical (unpaired) electrons. The smallest absolute Gasteiger partial charge is 0.240 e. The van der Waals surface area contributed by atoms with Gasteiger partial charge in [-0.3, -0.25) is 4.90 Å². The second-order valence-electron chi connectivity index (χ2n) is 5.47. The van der Waals surface area contributed by atoms with Gasteiger partial charge in [0.2, 0.25) is 5.89 Å². The van der Waals surface area contributed by atoms with Crippen LogP contribution in [0.1, 0.15) is 57.2 Å². The summed E-state index contributed by atoms with van der Waals surface area (Å²) in [5.74, 6) is 2.37. The lowest BCUT2D eigenvalue weighted by Gasteiger charge is -2.28. The Bertz CT molecular complexity index is 345. The molecule has 0 unspecified atom stereocenters. The fourth-order valence-electron chi connectivity index (χ4n) is 2.88. The molecule has 4 heteroatoms. The zero-order chi connectivity index (χ0) is 12.8. The van der Waals surface area contributed by atoms with Crippen molar-refractivity contribution in [3.8, 4) is 0 Å². The van der Waals surface area contributed by atoms with Gasteiger partial charge >= 0.3 is 0 Å².